The first kappa shape index (κ1) is 21.2. The molecule has 0 saturated carbocycles. The molecule has 2 rings (SSSR count). The second kappa shape index (κ2) is 11.6. The van der Waals surface area contributed by atoms with Gasteiger partial charge in [0.1, 0.15) is 5.82 Å². The second-order valence-electron chi connectivity index (χ2n) is 5.58. The van der Waals surface area contributed by atoms with Gasteiger partial charge in [-0.2, -0.15) is 5.10 Å². The number of aromatic nitrogens is 4. The molecule has 0 saturated heterocycles. The number of hydrogen-bond donors (Lipinski definition) is 2. The van der Waals surface area contributed by atoms with E-state index >= 15 is 0 Å². The highest BCUT2D eigenvalue weighted by Gasteiger charge is 2.13. The number of ether oxygens (including phenoxy) is 2. The van der Waals surface area contributed by atoms with Gasteiger partial charge in [-0.25, -0.2) is 19.4 Å². The topological polar surface area (TPSA) is 103 Å². The third-order valence-electron chi connectivity index (χ3n) is 3.52. The van der Waals surface area contributed by atoms with Crippen LogP contribution in [-0.4, -0.2) is 64.5 Å². The van der Waals surface area contributed by atoms with Gasteiger partial charge < -0.3 is 20.1 Å². The summed E-state index contributed by atoms with van der Waals surface area (Å²) >= 11 is 1.62. The number of nitrogens with zero attached hydrogens (tertiary/aromatic N) is 4. The van der Waals surface area contributed by atoms with Gasteiger partial charge >= 0.3 is 6.09 Å². The van der Waals surface area contributed by atoms with Gasteiger partial charge in [0.25, 0.3) is 0 Å². The van der Waals surface area contributed by atoms with E-state index in [0.717, 1.165) is 29.0 Å². The van der Waals surface area contributed by atoms with Crippen molar-refractivity contribution in [1.82, 2.24) is 25.1 Å². The van der Waals surface area contributed by atoms with Crippen LogP contribution in [0.25, 0.3) is 11.0 Å². The van der Waals surface area contributed by atoms with Crippen LogP contribution in [0.3, 0.4) is 0 Å². The summed E-state index contributed by atoms with van der Waals surface area (Å²) in [6.07, 6.45) is 2.36. The monoisotopic (exact) mass is 396 g/mol. The number of amides is 1. The van der Waals surface area contributed by atoms with Crippen molar-refractivity contribution in [3.8, 4) is 0 Å². The number of rotatable bonds is 12. The lowest BCUT2D eigenvalue weighted by Crippen LogP contribution is -2.28. The maximum atomic E-state index is 11.4. The van der Waals surface area contributed by atoms with E-state index in [1.54, 1.807) is 29.6 Å². The fraction of sp³-hybridized carbons (Fsp3) is 0.647. The highest BCUT2D eigenvalue weighted by molar-refractivity contribution is 7.99. The molecule has 27 heavy (non-hydrogen) atoms. The Morgan fingerprint density at radius 2 is 2.07 bits per heavy atom. The van der Waals surface area contributed by atoms with Gasteiger partial charge in [-0.15, -0.1) is 0 Å². The molecule has 150 valence electrons. The average Bonchev–Trinajstić information content (AvgIpc) is 3.07. The molecular formula is C17H28N6O3S. The first-order valence-corrected chi connectivity index (χ1v) is 10.3. The SMILES string of the molecule is CCCSc1nc(NCCOCC)c2cnn(CCNC(=O)OCC)c2n1. The number of nitrogens with one attached hydrogen (secondary N) is 2. The van der Waals surface area contributed by atoms with Gasteiger partial charge in [0.15, 0.2) is 10.8 Å². The smallest absolute Gasteiger partial charge is 0.407 e. The van der Waals surface area contributed by atoms with Crippen molar-refractivity contribution in [3.05, 3.63) is 6.20 Å². The Morgan fingerprint density at radius 1 is 1.22 bits per heavy atom. The third kappa shape index (κ3) is 6.55. The number of fused-ring (bicyclic) bond motifs is 1. The average molecular weight is 397 g/mol. The minimum absolute atomic E-state index is 0.346. The highest BCUT2D eigenvalue weighted by Crippen LogP contribution is 2.24. The van der Waals surface area contributed by atoms with Crippen molar-refractivity contribution in [2.24, 2.45) is 0 Å². The highest BCUT2D eigenvalue weighted by atomic mass is 32.2. The molecule has 0 bridgehead atoms. The molecule has 0 aliphatic heterocycles. The quantitative estimate of drug-likeness (QED) is 0.320. The van der Waals surface area contributed by atoms with Crippen molar-refractivity contribution in [2.45, 2.75) is 38.9 Å². The molecule has 2 aromatic rings. The van der Waals surface area contributed by atoms with Crippen LogP contribution in [0.5, 0.6) is 0 Å². The van der Waals surface area contributed by atoms with Crippen LogP contribution in [0.1, 0.15) is 27.2 Å². The van der Waals surface area contributed by atoms with Gasteiger partial charge in [-0.05, 0) is 20.3 Å². The fourth-order valence-electron chi connectivity index (χ4n) is 2.32. The van der Waals surface area contributed by atoms with Crippen LogP contribution in [0.2, 0.25) is 0 Å². The van der Waals surface area contributed by atoms with E-state index in [2.05, 4.69) is 32.6 Å². The molecule has 2 heterocycles. The molecule has 10 heteroatoms. The Morgan fingerprint density at radius 3 is 2.81 bits per heavy atom. The molecule has 0 atom stereocenters. The van der Waals surface area contributed by atoms with Crippen LogP contribution in [0.15, 0.2) is 11.4 Å². The van der Waals surface area contributed by atoms with Crippen LogP contribution in [0.4, 0.5) is 10.6 Å². The van der Waals surface area contributed by atoms with E-state index in [1.165, 1.54) is 0 Å². The summed E-state index contributed by atoms with van der Waals surface area (Å²) in [4.78, 5) is 20.7. The molecule has 0 aliphatic rings. The molecule has 0 spiro atoms. The van der Waals surface area contributed by atoms with E-state index < -0.39 is 6.09 Å². The number of carbonyl (C=O) groups is 1. The minimum atomic E-state index is -0.430. The van der Waals surface area contributed by atoms with E-state index in [-0.39, 0.29) is 0 Å². The number of thioether (sulfide) groups is 1. The Bertz CT molecular complexity index is 724. The van der Waals surface area contributed by atoms with Crippen molar-refractivity contribution >= 4 is 34.7 Å². The van der Waals surface area contributed by atoms with Crippen molar-refractivity contribution < 1.29 is 14.3 Å². The maximum Gasteiger partial charge on any atom is 0.407 e. The zero-order valence-electron chi connectivity index (χ0n) is 16.2. The predicted octanol–water partition coefficient (Wildman–Crippen LogP) is 2.52. The van der Waals surface area contributed by atoms with Crippen LogP contribution in [0, 0.1) is 0 Å². The first-order valence-electron chi connectivity index (χ1n) is 9.28. The molecule has 0 fully saturated rings. The van der Waals surface area contributed by atoms with Crippen molar-refractivity contribution in [1.29, 1.82) is 0 Å². The lowest BCUT2D eigenvalue weighted by atomic mass is 10.4. The van der Waals surface area contributed by atoms with Gasteiger partial charge in [0.2, 0.25) is 0 Å². The fourth-order valence-corrected chi connectivity index (χ4v) is 3.02. The molecule has 0 unspecified atom stereocenters. The van der Waals surface area contributed by atoms with Crippen LogP contribution in [-0.2, 0) is 16.0 Å². The number of hydrogen-bond acceptors (Lipinski definition) is 8. The lowest BCUT2D eigenvalue weighted by Gasteiger charge is -2.10. The Kier molecular flexibility index (Phi) is 9.12. The predicted molar refractivity (Wildman–Crippen MR) is 106 cm³/mol. The summed E-state index contributed by atoms with van der Waals surface area (Å²) in [5.74, 6) is 1.70. The van der Waals surface area contributed by atoms with E-state index in [4.69, 9.17) is 9.47 Å². The summed E-state index contributed by atoms with van der Waals surface area (Å²) < 4.78 is 12.0. The third-order valence-corrected chi connectivity index (χ3v) is 4.58. The molecule has 2 N–H and O–H groups in total. The summed E-state index contributed by atoms with van der Waals surface area (Å²) in [5.41, 5.74) is 0.744. The molecule has 9 nitrogen and oxygen atoms in total. The Balaban J connectivity index is 2.14. The number of alkyl carbamates (subject to hydrolysis) is 1. The standard InChI is InChI=1S/C17H28N6O3S/c1-4-11-27-16-21-14(18-8-10-25-5-2)13-12-20-23(15(13)22-16)9-7-19-17(24)26-6-3/h12H,4-11H2,1-3H3,(H,19,24)(H,18,21,22). The zero-order chi connectivity index (χ0) is 19.5. The number of carbonyl (C=O) groups excluding carboxylic acids is 1. The van der Waals surface area contributed by atoms with E-state index in [9.17, 15) is 4.79 Å². The molecular weight excluding hydrogens is 368 g/mol. The van der Waals surface area contributed by atoms with Crippen LogP contribution < -0.4 is 10.6 Å². The van der Waals surface area contributed by atoms with Crippen molar-refractivity contribution in [3.63, 3.8) is 0 Å². The van der Waals surface area contributed by atoms with Gasteiger partial charge in [0, 0.05) is 25.4 Å². The Hall–Kier alpha value is -2.07. The molecule has 2 aromatic heterocycles. The van der Waals surface area contributed by atoms with Crippen LogP contribution >= 0.6 is 11.8 Å². The zero-order valence-corrected chi connectivity index (χ0v) is 17.0. The van der Waals surface area contributed by atoms with E-state index in [0.29, 0.717) is 44.6 Å². The molecule has 0 radical (unpaired) electrons. The summed E-state index contributed by atoms with van der Waals surface area (Å²) in [7, 11) is 0. The lowest BCUT2D eigenvalue weighted by molar-refractivity contribution is 0.152. The summed E-state index contributed by atoms with van der Waals surface area (Å²) in [5, 5.41) is 12.0. The normalized spacial score (nSPS) is 10.9. The second-order valence-corrected chi connectivity index (χ2v) is 6.64. The van der Waals surface area contributed by atoms with Gasteiger partial charge in [-0.3, -0.25) is 0 Å². The maximum absolute atomic E-state index is 11.4. The van der Waals surface area contributed by atoms with Gasteiger partial charge in [-0.1, -0.05) is 18.7 Å². The summed E-state index contributed by atoms with van der Waals surface area (Å²) in [6, 6.07) is 0. The van der Waals surface area contributed by atoms with Crippen molar-refractivity contribution in [2.75, 3.05) is 44.0 Å². The van der Waals surface area contributed by atoms with Gasteiger partial charge in [0.05, 0.1) is 31.3 Å². The summed E-state index contributed by atoms with van der Waals surface area (Å²) in [6.45, 7) is 9.06. The molecule has 1 amide bonds. The minimum Gasteiger partial charge on any atom is -0.450 e. The Labute approximate surface area is 163 Å². The first-order chi connectivity index (χ1) is 13.2. The molecule has 0 aliphatic carbocycles. The largest absolute Gasteiger partial charge is 0.450 e. The molecule has 0 aromatic carbocycles. The van der Waals surface area contributed by atoms with E-state index in [1.807, 2.05) is 6.92 Å². The number of anilines is 1.